The van der Waals surface area contributed by atoms with E-state index in [-0.39, 0.29) is 0 Å². The summed E-state index contributed by atoms with van der Waals surface area (Å²) in [7, 11) is 0. The van der Waals surface area contributed by atoms with E-state index < -0.39 is 15.8 Å². The third-order valence-electron chi connectivity index (χ3n) is 4.51. The Hall–Kier alpha value is -3.05. The summed E-state index contributed by atoms with van der Waals surface area (Å²) in [5.41, 5.74) is 12.7. The third kappa shape index (κ3) is 2.80. The number of fused-ring (bicyclic) bond motifs is 2. The van der Waals surface area contributed by atoms with Gasteiger partial charge in [0, 0.05) is 0 Å². The first-order valence-electron chi connectivity index (χ1n) is 8.59. The molecular formula is C19H18AsN7. The molecule has 0 aliphatic heterocycles. The summed E-state index contributed by atoms with van der Waals surface area (Å²) in [6.45, 7) is 4.01. The fourth-order valence-electron chi connectivity index (χ4n) is 3.29. The number of aryl methyl sites for hydroxylation is 2. The average Bonchev–Trinajstić information content (AvgIpc) is 3.34. The number of hydrogen-bond acceptors (Lipinski definition) is 4. The van der Waals surface area contributed by atoms with E-state index in [0.29, 0.717) is 5.69 Å². The molecule has 0 aliphatic carbocycles. The monoisotopic (exact) mass is 419 g/mol. The van der Waals surface area contributed by atoms with Crippen LogP contribution < -0.4 is 14.8 Å². The van der Waals surface area contributed by atoms with Gasteiger partial charge in [-0.25, -0.2) is 0 Å². The summed E-state index contributed by atoms with van der Waals surface area (Å²) in [6, 6.07) is 10.2. The predicted molar refractivity (Wildman–Crippen MR) is 109 cm³/mol. The maximum atomic E-state index is 6.23. The molecule has 4 N–H and O–H groups in total. The van der Waals surface area contributed by atoms with Gasteiger partial charge in [0.2, 0.25) is 0 Å². The van der Waals surface area contributed by atoms with Gasteiger partial charge in [-0.2, -0.15) is 0 Å². The first-order valence-corrected chi connectivity index (χ1v) is 10.7. The van der Waals surface area contributed by atoms with Crippen LogP contribution in [0.3, 0.4) is 0 Å². The molecule has 0 fully saturated rings. The number of aromatic nitrogens is 6. The van der Waals surface area contributed by atoms with E-state index in [1.807, 2.05) is 44.4 Å². The minimum absolute atomic E-state index is 0.709. The van der Waals surface area contributed by atoms with Crippen molar-refractivity contribution in [1.29, 1.82) is 0 Å². The van der Waals surface area contributed by atoms with E-state index in [4.69, 9.17) is 10.7 Å². The average molecular weight is 419 g/mol. The molecule has 0 saturated carbocycles. The zero-order valence-corrected chi connectivity index (χ0v) is 17.0. The molecule has 5 rings (SSSR count). The third-order valence-corrected chi connectivity index (χ3v) is 6.79. The van der Waals surface area contributed by atoms with Crippen molar-refractivity contribution in [3.63, 3.8) is 0 Å². The Bertz CT molecular complexity index is 1290. The van der Waals surface area contributed by atoms with E-state index in [1.54, 1.807) is 0 Å². The van der Waals surface area contributed by atoms with Crippen LogP contribution in [0.2, 0.25) is 0 Å². The van der Waals surface area contributed by atoms with Crippen molar-refractivity contribution >= 4 is 47.1 Å². The molecule has 0 spiro atoms. The number of hydrogen-bond donors (Lipinski definition) is 3. The number of imidazole rings is 1. The van der Waals surface area contributed by atoms with Crippen LogP contribution in [0.1, 0.15) is 11.4 Å². The van der Waals surface area contributed by atoms with E-state index in [2.05, 4.69) is 36.7 Å². The van der Waals surface area contributed by atoms with E-state index in [0.717, 1.165) is 48.3 Å². The Kier molecular flexibility index (Phi) is 3.58. The maximum absolute atomic E-state index is 6.23. The topological polar surface area (TPSA) is 101 Å². The number of nitrogens with two attached hydrogens (primary N) is 1. The van der Waals surface area contributed by atoms with Gasteiger partial charge in [0.1, 0.15) is 0 Å². The molecule has 4 aromatic heterocycles. The first kappa shape index (κ1) is 16.1. The Morgan fingerprint density at radius 2 is 2.00 bits per heavy atom. The Morgan fingerprint density at radius 1 is 1.11 bits per heavy atom. The molecule has 27 heavy (non-hydrogen) atoms. The summed E-state index contributed by atoms with van der Waals surface area (Å²) in [5, 5.41) is 8.51. The summed E-state index contributed by atoms with van der Waals surface area (Å²) in [4.78, 5) is 12.8. The number of nitrogen functional groups attached to an aromatic ring is 1. The van der Waals surface area contributed by atoms with Crippen LogP contribution in [0.25, 0.3) is 27.8 Å². The standard InChI is InChI=1S/C19H18AsN7/c1-10-5-16(26-25-10)20-19-24-15(8-17-23-11(2)9-27(17)19)13-6-12-3-4-22-18(12)14(21)7-13/h3-9,20,22H,21H2,1-2H3,(H,25,26). The Labute approximate surface area is 161 Å². The van der Waals surface area contributed by atoms with Crippen molar-refractivity contribution in [2.24, 2.45) is 0 Å². The van der Waals surface area contributed by atoms with Crippen LogP contribution in [0.15, 0.2) is 42.7 Å². The van der Waals surface area contributed by atoms with E-state index in [1.165, 1.54) is 0 Å². The van der Waals surface area contributed by atoms with Crippen LogP contribution >= 0.6 is 0 Å². The van der Waals surface area contributed by atoms with Crippen molar-refractivity contribution in [3.8, 4) is 11.3 Å². The summed E-state index contributed by atoms with van der Waals surface area (Å²) < 4.78 is 4.17. The summed E-state index contributed by atoms with van der Waals surface area (Å²) in [6.07, 6.45) is 3.94. The molecule has 0 amide bonds. The van der Waals surface area contributed by atoms with Gasteiger partial charge in [0.05, 0.1) is 0 Å². The van der Waals surface area contributed by atoms with Gasteiger partial charge < -0.3 is 0 Å². The Morgan fingerprint density at radius 3 is 2.81 bits per heavy atom. The number of nitrogens with one attached hydrogen (secondary N) is 2. The molecule has 8 heteroatoms. The van der Waals surface area contributed by atoms with Gasteiger partial charge in [-0.1, -0.05) is 0 Å². The molecule has 5 aromatic rings. The SMILES string of the molecule is Cc1cn2c([AsH]c3cc(C)[nH]n3)nc(-c3cc(N)c4[nH]ccc4c3)cc2n1. The zero-order chi connectivity index (χ0) is 18.5. The quantitative estimate of drug-likeness (QED) is 0.302. The predicted octanol–water partition coefficient (Wildman–Crippen LogP) is 1.19. The van der Waals surface area contributed by atoms with E-state index >= 15 is 0 Å². The fourth-order valence-corrected chi connectivity index (χ4v) is 5.61. The second kappa shape index (κ2) is 5.99. The van der Waals surface area contributed by atoms with E-state index in [9.17, 15) is 0 Å². The second-order valence-electron chi connectivity index (χ2n) is 6.64. The van der Waals surface area contributed by atoms with Gasteiger partial charge in [-0.05, 0) is 0 Å². The number of aromatic amines is 2. The molecule has 1 unspecified atom stereocenters. The van der Waals surface area contributed by atoms with Gasteiger partial charge >= 0.3 is 162 Å². The number of benzene rings is 1. The molecule has 0 bridgehead atoms. The fraction of sp³-hybridized carbons (Fsp3) is 0.105. The molecule has 0 radical (unpaired) electrons. The van der Waals surface area contributed by atoms with Crippen LogP contribution in [0.5, 0.6) is 0 Å². The number of anilines is 1. The number of nitrogens with zero attached hydrogens (tertiary/aromatic N) is 4. The first-order chi connectivity index (χ1) is 13.1. The van der Waals surface area contributed by atoms with Crippen molar-refractivity contribution in [2.45, 2.75) is 13.8 Å². The molecule has 4 heterocycles. The van der Waals surface area contributed by atoms with Crippen molar-refractivity contribution in [3.05, 3.63) is 54.1 Å². The minimum atomic E-state index is -0.709. The van der Waals surface area contributed by atoms with Crippen LogP contribution in [0, 0.1) is 13.8 Å². The number of rotatable bonds is 3. The van der Waals surface area contributed by atoms with Crippen molar-refractivity contribution in [1.82, 2.24) is 29.5 Å². The van der Waals surface area contributed by atoms with Gasteiger partial charge in [-0.15, -0.1) is 0 Å². The zero-order valence-electron chi connectivity index (χ0n) is 14.9. The normalized spacial score (nSPS) is 12.1. The molecule has 1 atom stereocenters. The second-order valence-corrected chi connectivity index (χ2v) is 9.18. The van der Waals surface area contributed by atoms with Crippen molar-refractivity contribution < 1.29 is 0 Å². The summed E-state index contributed by atoms with van der Waals surface area (Å²) >= 11 is -0.709. The molecule has 0 aliphatic rings. The summed E-state index contributed by atoms with van der Waals surface area (Å²) in [5.74, 6) is 0. The van der Waals surface area contributed by atoms with Gasteiger partial charge in [-0.3, -0.25) is 0 Å². The van der Waals surface area contributed by atoms with Crippen LogP contribution in [-0.2, 0) is 0 Å². The van der Waals surface area contributed by atoms with Crippen molar-refractivity contribution in [2.75, 3.05) is 5.73 Å². The Balaban J connectivity index is 1.69. The molecule has 134 valence electrons. The molecule has 7 nitrogen and oxygen atoms in total. The molecule has 1 aromatic carbocycles. The van der Waals surface area contributed by atoms with Crippen LogP contribution in [0.4, 0.5) is 5.69 Å². The molecular weight excluding hydrogens is 401 g/mol. The number of H-pyrrole nitrogens is 2. The van der Waals surface area contributed by atoms with Gasteiger partial charge in [0.15, 0.2) is 0 Å². The molecule has 0 saturated heterocycles. The van der Waals surface area contributed by atoms with Crippen LogP contribution in [-0.4, -0.2) is 45.3 Å². The van der Waals surface area contributed by atoms with Gasteiger partial charge in [0.25, 0.3) is 0 Å².